The molecule has 4 nitrogen and oxygen atoms in total. The average Bonchev–Trinajstić information content (AvgIpc) is 3.27. The van der Waals surface area contributed by atoms with E-state index in [-0.39, 0.29) is 17.0 Å². The van der Waals surface area contributed by atoms with Crippen LogP contribution in [0.25, 0.3) is 33.7 Å². The monoisotopic (exact) mass is 478 g/mol. The van der Waals surface area contributed by atoms with Gasteiger partial charge in [0.25, 0.3) is 5.66 Å². The Labute approximate surface area is 187 Å². The molecule has 2 heterocycles. The third kappa shape index (κ3) is 4.59. The minimum absolute atomic E-state index is 0.0965. The van der Waals surface area contributed by atoms with Crippen molar-refractivity contribution in [1.29, 1.82) is 0 Å². The molecule has 2 aromatic heterocycles. The van der Waals surface area contributed by atoms with E-state index in [1.165, 1.54) is 22.5 Å². The predicted octanol–water partition coefficient (Wildman–Crippen LogP) is 7.02. The molecule has 0 saturated carbocycles. The van der Waals surface area contributed by atoms with Crippen LogP contribution in [0.5, 0.6) is 5.75 Å². The Kier molecular flexibility index (Phi) is 5.93. The zero-order valence-electron chi connectivity index (χ0n) is 17.0. The van der Waals surface area contributed by atoms with E-state index >= 15 is 0 Å². The van der Waals surface area contributed by atoms with Gasteiger partial charge in [-0.2, -0.15) is 22.0 Å². The highest BCUT2D eigenvalue weighted by Gasteiger charge is 2.35. The van der Waals surface area contributed by atoms with Gasteiger partial charge in [-0.3, -0.25) is 4.98 Å². The highest BCUT2D eigenvalue weighted by atomic mass is 31.0. The number of hydrogen-bond acceptors (Lipinski definition) is 4. The van der Waals surface area contributed by atoms with Gasteiger partial charge < -0.3 is 9.15 Å². The van der Waals surface area contributed by atoms with Crippen LogP contribution in [-0.2, 0) is 11.8 Å². The summed E-state index contributed by atoms with van der Waals surface area (Å²) in [6.07, 6.45) is -0.773. The summed E-state index contributed by atoms with van der Waals surface area (Å²) >= 11 is 0. The van der Waals surface area contributed by atoms with Crippen LogP contribution in [-0.4, -0.2) is 17.1 Å². The molecule has 0 radical (unpaired) electrons. The largest absolute Gasteiger partial charge is 0.496 e. The molecular formula is C23H16F5N2O2P. The summed E-state index contributed by atoms with van der Waals surface area (Å²) in [5.41, 5.74) is -3.92. The molecule has 1 atom stereocenters. The standard InChI is InChI=1S/C23H16F5N2O2P/c1-31-19-5-3-2-4-17(19)16-6-7-29-11-18(16)20-21(32-12-30-20)13-8-14(22(24,25)26)10-15(9-13)23(27,28)33/h2-12H,33H2,1H3. The van der Waals surface area contributed by atoms with Crippen LogP contribution in [0.3, 0.4) is 0 Å². The Morgan fingerprint density at radius 3 is 2.33 bits per heavy atom. The van der Waals surface area contributed by atoms with Gasteiger partial charge in [0.05, 0.1) is 12.7 Å². The van der Waals surface area contributed by atoms with Crippen molar-refractivity contribution in [2.24, 2.45) is 0 Å². The van der Waals surface area contributed by atoms with E-state index in [0.717, 1.165) is 18.5 Å². The van der Waals surface area contributed by atoms with Crippen molar-refractivity contribution >= 4 is 9.24 Å². The molecule has 0 aliphatic rings. The molecule has 4 aromatic rings. The van der Waals surface area contributed by atoms with Gasteiger partial charge in [-0.15, -0.1) is 0 Å². The number of pyridine rings is 1. The van der Waals surface area contributed by atoms with E-state index in [9.17, 15) is 22.0 Å². The smallest absolute Gasteiger partial charge is 0.416 e. The molecule has 0 amide bonds. The van der Waals surface area contributed by atoms with E-state index in [4.69, 9.17) is 9.15 Å². The molecule has 0 aliphatic carbocycles. The number of oxazole rings is 1. The third-order valence-electron chi connectivity index (χ3n) is 4.95. The molecule has 4 rings (SSSR count). The van der Waals surface area contributed by atoms with E-state index in [1.54, 1.807) is 36.5 Å². The summed E-state index contributed by atoms with van der Waals surface area (Å²) in [4.78, 5) is 8.27. The third-order valence-corrected chi connectivity index (χ3v) is 5.28. The Bertz CT molecular complexity index is 1270. The first-order valence-electron chi connectivity index (χ1n) is 9.50. The summed E-state index contributed by atoms with van der Waals surface area (Å²) in [7, 11) is 2.76. The SMILES string of the molecule is COc1ccccc1-c1ccncc1-c1ncoc1-c1cc(C(F)(F)F)cc(C(F)(F)P)c1. The van der Waals surface area contributed by atoms with Crippen molar-refractivity contribution in [3.05, 3.63) is 78.4 Å². The van der Waals surface area contributed by atoms with Gasteiger partial charge in [0.1, 0.15) is 11.4 Å². The van der Waals surface area contributed by atoms with Gasteiger partial charge in [0, 0.05) is 34.6 Å². The zero-order valence-corrected chi connectivity index (χ0v) is 18.2. The molecular weight excluding hydrogens is 462 g/mol. The second-order valence-electron chi connectivity index (χ2n) is 7.07. The quantitative estimate of drug-likeness (QED) is 0.228. The number of hydrogen-bond donors (Lipinski definition) is 0. The molecule has 0 spiro atoms. The topological polar surface area (TPSA) is 48.2 Å². The molecule has 170 valence electrons. The van der Waals surface area contributed by atoms with Crippen LogP contribution in [0, 0.1) is 0 Å². The van der Waals surface area contributed by atoms with Crippen LogP contribution in [0.1, 0.15) is 11.1 Å². The van der Waals surface area contributed by atoms with Crippen LogP contribution in [0.4, 0.5) is 22.0 Å². The number of alkyl halides is 5. The summed E-state index contributed by atoms with van der Waals surface area (Å²) < 4.78 is 79.1. The van der Waals surface area contributed by atoms with Crippen molar-refractivity contribution in [3.63, 3.8) is 0 Å². The Morgan fingerprint density at radius 1 is 0.909 bits per heavy atom. The van der Waals surface area contributed by atoms with Crippen LogP contribution in [0.2, 0.25) is 0 Å². The van der Waals surface area contributed by atoms with E-state index in [0.29, 0.717) is 28.5 Å². The fourth-order valence-corrected chi connectivity index (χ4v) is 3.61. The Hall–Kier alpha value is -3.32. The summed E-state index contributed by atoms with van der Waals surface area (Å²) in [6, 6.07) is 11.0. The van der Waals surface area contributed by atoms with Crippen LogP contribution < -0.4 is 4.74 Å². The number of benzene rings is 2. The van der Waals surface area contributed by atoms with E-state index in [1.807, 2.05) is 0 Å². The number of ether oxygens (including phenoxy) is 1. The van der Waals surface area contributed by atoms with E-state index in [2.05, 4.69) is 9.97 Å². The van der Waals surface area contributed by atoms with Crippen LogP contribution >= 0.6 is 9.24 Å². The lowest BCUT2D eigenvalue weighted by Crippen LogP contribution is -2.10. The first kappa shape index (κ1) is 22.9. The second-order valence-corrected chi connectivity index (χ2v) is 7.80. The van der Waals surface area contributed by atoms with Gasteiger partial charge in [0.15, 0.2) is 12.2 Å². The molecule has 0 N–H and O–H groups in total. The van der Waals surface area contributed by atoms with Gasteiger partial charge in [-0.05, 0) is 35.9 Å². The predicted molar refractivity (Wildman–Crippen MR) is 116 cm³/mol. The first-order valence-corrected chi connectivity index (χ1v) is 10.1. The number of nitrogens with zero attached hydrogens (tertiary/aromatic N) is 2. The van der Waals surface area contributed by atoms with Gasteiger partial charge in [-0.1, -0.05) is 27.4 Å². The molecule has 0 bridgehead atoms. The Morgan fingerprint density at radius 2 is 1.64 bits per heavy atom. The number of para-hydroxylation sites is 1. The summed E-state index contributed by atoms with van der Waals surface area (Å²) in [6.45, 7) is 0. The molecule has 33 heavy (non-hydrogen) atoms. The molecule has 0 aliphatic heterocycles. The molecule has 0 fully saturated rings. The van der Waals surface area contributed by atoms with Crippen molar-refractivity contribution in [1.82, 2.24) is 9.97 Å². The number of halogens is 5. The van der Waals surface area contributed by atoms with Gasteiger partial charge in [0.2, 0.25) is 0 Å². The molecule has 0 saturated heterocycles. The summed E-state index contributed by atoms with van der Waals surface area (Å²) in [5.74, 6) is 0.458. The maximum atomic E-state index is 14.0. The normalized spacial score (nSPS) is 12.1. The average molecular weight is 478 g/mol. The minimum atomic E-state index is -4.84. The Balaban J connectivity index is 1.93. The van der Waals surface area contributed by atoms with Crippen molar-refractivity contribution in [3.8, 4) is 39.5 Å². The molecule has 2 aromatic carbocycles. The van der Waals surface area contributed by atoms with Gasteiger partial charge >= 0.3 is 6.18 Å². The van der Waals surface area contributed by atoms with Crippen molar-refractivity contribution in [2.75, 3.05) is 7.11 Å². The fourth-order valence-electron chi connectivity index (χ4n) is 3.44. The maximum absolute atomic E-state index is 14.0. The van der Waals surface area contributed by atoms with Crippen molar-refractivity contribution in [2.45, 2.75) is 11.8 Å². The molecule has 1 unspecified atom stereocenters. The zero-order chi connectivity index (χ0) is 23.8. The summed E-state index contributed by atoms with van der Waals surface area (Å²) in [5, 5.41) is 0. The highest BCUT2D eigenvalue weighted by molar-refractivity contribution is 7.17. The maximum Gasteiger partial charge on any atom is 0.416 e. The van der Waals surface area contributed by atoms with Crippen molar-refractivity contribution < 1.29 is 31.1 Å². The number of aromatic nitrogens is 2. The lowest BCUT2D eigenvalue weighted by molar-refractivity contribution is -0.137. The minimum Gasteiger partial charge on any atom is -0.496 e. The lowest BCUT2D eigenvalue weighted by atomic mass is 9.96. The highest BCUT2D eigenvalue weighted by Crippen LogP contribution is 2.44. The fraction of sp³-hybridized carbons (Fsp3) is 0.130. The van der Waals surface area contributed by atoms with Gasteiger partial charge in [-0.25, -0.2) is 4.98 Å². The second kappa shape index (κ2) is 8.56. The first-order chi connectivity index (χ1) is 15.6. The number of rotatable bonds is 5. The number of methoxy groups -OCH3 is 1. The van der Waals surface area contributed by atoms with Crippen LogP contribution in [0.15, 0.2) is 71.7 Å². The molecule has 10 heteroatoms. The lowest BCUT2D eigenvalue weighted by Gasteiger charge is -2.16. The van der Waals surface area contributed by atoms with E-state index < -0.39 is 23.0 Å².